The van der Waals surface area contributed by atoms with Crippen LogP contribution in [0, 0.1) is 0 Å². The van der Waals surface area contributed by atoms with E-state index in [4.69, 9.17) is 9.84 Å². The minimum atomic E-state index is -0.830. The number of rotatable bonds is 7. The standard InChI is InChI=1S/C18H21N3O4/c22-17(23)5-3-11-25-14-8-6-13(7-9-14)20-18(24)15-12-19-21-10-2-1-4-16(15)21/h6-9,12H,1-5,10-11H2,(H,20,24)(H,22,23). The summed E-state index contributed by atoms with van der Waals surface area (Å²) in [5.74, 6) is -0.339. The molecule has 1 aliphatic heterocycles. The van der Waals surface area contributed by atoms with Crippen LogP contribution < -0.4 is 10.1 Å². The Balaban J connectivity index is 1.55. The Labute approximate surface area is 145 Å². The number of nitrogens with one attached hydrogen (secondary N) is 1. The van der Waals surface area contributed by atoms with Crippen LogP contribution in [0.1, 0.15) is 41.7 Å². The summed E-state index contributed by atoms with van der Waals surface area (Å²) in [6, 6.07) is 7.04. The number of carboxylic acids is 1. The first kappa shape index (κ1) is 17.0. The van der Waals surface area contributed by atoms with E-state index in [9.17, 15) is 9.59 Å². The molecule has 2 aromatic rings. The van der Waals surface area contributed by atoms with Crippen molar-refractivity contribution in [2.45, 2.75) is 38.6 Å². The number of carbonyl (C=O) groups is 2. The monoisotopic (exact) mass is 343 g/mol. The topological polar surface area (TPSA) is 93.4 Å². The number of fused-ring (bicyclic) bond motifs is 1. The lowest BCUT2D eigenvalue weighted by Crippen LogP contribution is -2.17. The van der Waals surface area contributed by atoms with Crippen molar-refractivity contribution >= 4 is 17.6 Å². The molecule has 2 N–H and O–H groups in total. The van der Waals surface area contributed by atoms with Crippen molar-refractivity contribution in [1.82, 2.24) is 9.78 Å². The first-order chi connectivity index (χ1) is 12.1. The molecule has 25 heavy (non-hydrogen) atoms. The molecule has 0 aliphatic carbocycles. The van der Waals surface area contributed by atoms with Crippen molar-refractivity contribution in [3.05, 3.63) is 41.7 Å². The highest BCUT2D eigenvalue weighted by Crippen LogP contribution is 2.21. The van der Waals surface area contributed by atoms with Gasteiger partial charge in [-0.15, -0.1) is 0 Å². The van der Waals surface area contributed by atoms with Gasteiger partial charge in [0.25, 0.3) is 5.91 Å². The van der Waals surface area contributed by atoms with E-state index in [1.807, 2.05) is 4.68 Å². The van der Waals surface area contributed by atoms with E-state index in [2.05, 4.69) is 10.4 Å². The third kappa shape index (κ3) is 4.37. The second-order valence-electron chi connectivity index (χ2n) is 6.01. The predicted octanol–water partition coefficient (Wildman–Crippen LogP) is 2.72. The van der Waals surface area contributed by atoms with Gasteiger partial charge in [-0.1, -0.05) is 0 Å². The van der Waals surface area contributed by atoms with Gasteiger partial charge >= 0.3 is 5.97 Å². The van der Waals surface area contributed by atoms with Crippen LogP contribution in [0.4, 0.5) is 5.69 Å². The van der Waals surface area contributed by atoms with Gasteiger partial charge in [-0.05, 0) is 49.9 Å². The number of hydrogen-bond donors (Lipinski definition) is 2. The summed E-state index contributed by atoms with van der Waals surface area (Å²) in [5, 5.41) is 15.7. The smallest absolute Gasteiger partial charge is 0.303 e. The molecule has 0 fully saturated rings. The lowest BCUT2D eigenvalue weighted by Gasteiger charge is -2.14. The zero-order valence-electron chi connectivity index (χ0n) is 13.9. The largest absolute Gasteiger partial charge is 0.494 e. The Morgan fingerprint density at radius 3 is 2.80 bits per heavy atom. The third-order valence-corrected chi connectivity index (χ3v) is 4.14. The summed E-state index contributed by atoms with van der Waals surface area (Å²) >= 11 is 0. The summed E-state index contributed by atoms with van der Waals surface area (Å²) in [5.41, 5.74) is 2.31. The SMILES string of the molecule is O=C(O)CCCOc1ccc(NC(=O)c2cnn3c2CCCC3)cc1. The molecule has 0 unspecified atom stereocenters. The molecule has 0 saturated heterocycles. The van der Waals surface area contributed by atoms with E-state index in [1.54, 1.807) is 30.5 Å². The van der Waals surface area contributed by atoms with Gasteiger partial charge in [0.05, 0.1) is 24.1 Å². The highest BCUT2D eigenvalue weighted by molar-refractivity contribution is 6.05. The zero-order chi connectivity index (χ0) is 17.6. The van der Waals surface area contributed by atoms with Gasteiger partial charge in [0.1, 0.15) is 5.75 Å². The Kier molecular flexibility index (Phi) is 5.33. The summed E-state index contributed by atoms with van der Waals surface area (Å²) in [6.45, 7) is 1.22. The van der Waals surface area contributed by atoms with Gasteiger partial charge in [0.2, 0.25) is 0 Å². The fourth-order valence-corrected chi connectivity index (χ4v) is 2.86. The number of aryl methyl sites for hydroxylation is 1. The maximum atomic E-state index is 12.5. The van der Waals surface area contributed by atoms with Crippen molar-refractivity contribution in [1.29, 1.82) is 0 Å². The number of carbonyl (C=O) groups excluding carboxylic acids is 1. The normalized spacial score (nSPS) is 13.1. The molecule has 3 rings (SSSR count). The number of anilines is 1. The number of amides is 1. The summed E-state index contributed by atoms with van der Waals surface area (Å²) < 4.78 is 7.38. The minimum Gasteiger partial charge on any atom is -0.494 e. The Morgan fingerprint density at radius 1 is 1.24 bits per heavy atom. The Bertz CT molecular complexity index is 752. The molecule has 1 amide bonds. The number of carboxylic acid groups (broad SMARTS) is 1. The van der Waals surface area contributed by atoms with Gasteiger partial charge in [0, 0.05) is 18.7 Å². The van der Waals surface area contributed by atoms with Crippen LogP contribution in [0.25, 0.3) is 0 Å². The fourth-order valence-electron chi connectivity index (χ4n) is 2.86. The van der Waals surface area contributed by atoms with E-state index in [0.717, 1.165) is 31.5 Å². The van der Waals surface area contributed by atoms with Gasteiger partial charge < -0.3 is 15.2 Å². The maximum absolute atomic E-state index is 12.5. The number of benzene rings is 1. The van der Waals surface area contributed by atoms with Gasteiger partial charge in [-0.2, -0.15) is 5.10 Å². The quantitative estimate of drug-likeness (QED) is 0.754. The van der Waals surface area contributed by atoms with Crippen LogP contribution in [0.2, 0.25) is 0 Å². The molecule has 0 spiro atoms. The first-order valence-corrected chi connectivity index (χ1v) is 8.44. The number of nitrogens with zero attached hydrogens (tertiary/aromatic N) is 2. The summed E-state index contributed by atoms with van der Waals surface area (Å²) in [4.78, 5) is 22.9. The highest BCUT2D eigenvalue weighted by atomic mass is 16.5. The summed E-state index contributed by atoms with van der Waals surface area (Å²) in [7, 11) is 0. The molecule has 1 aromatic heterocycles. The lowest BCUT2D eigenvalue weighted by molar-refractivity contribution is -0.137. The van der Waals surface area contributed by atoms with Crippen LogP contribution in [-0.2, 0) is 17.8 Å². The molecule has 2 heterocycles. The first-order valence-electron chi connectivity index (χ1n) is 8.44. The van der Waals surface area contributed by atoms with Gasteiger partial charge in [-0.25, -0.2) is 0 Å². The molecular weight excluding hydrogens is 322 g/mol. The molecule has 1 aliphatic rings. The molecule has 132 valence electrons. The lowest BCUT2D eigenvalue weighted by atomic mass is 10.1. The van der Waals surface area contributed by atoms with E-state index in [0.29, 0.717) is 30.0 Å². The van der Waals surface area contributed by atoms with Gasteiger partial charge in [0.15, 0.2) is 0 Å². The average Bonchev–Trinajstić information content (AvgIpc) is 3.04. The van der Waals surface area contributed by atoms with Crippen LogP contribution in [0.15, 0.2) is 30.5 Å². The third-order valence-electron chi connectivity index (χ3n) is 4.14. The molecule has 1 aromatic carbocycles. The Morgan fingerprint density at radius 2 is 2.04 bits per heavy atom. The molecule has 0 bridgehead atoms. The van der Waals surface area contributed by atoms with Crippen molar-refractivity contribution in [2.75, 3.05) is 11.9 Å². The molecule has 0 radical (unpaired) electrons. The molecular formula is C18H21N3O4. The second-order valence-corrected chi connectivity index (χ2v) is 6.01. The van der Waals surface area contributed by atoms with Crippen molar-refractivity contribution in [3.8, 4) is 5.75 Å². The second kappa shape index (κ2) is 7.83. The average molecular weight is 343 g/mol. The predicted molar refractivity (Wildman–Crippen MR) is 91.9 cm³/mol. The summed E-state index contributed by atoms with van der Waals surface area (Å²) in [6.07, 6.45) is 5.25. The maximum Gasteiger partial charge on any atom is 0.303 e. The molecule has 7 heteroatoms. The van der Waals surface area contributed by atoms with Crippen molar-refractivity contribution < 1.29 is 19.4 Å². The van der Waals surface area contributed by atoms with E-state index in [-0.39, 0.29) is 12.3 Å². The van der Waals surface area contributed by atoms with E-state index in [1.165, 1.54) is 0 Å². The molecule has 0 atom stereocenters. The minimum absolute atomic E-state index is 0.0875. The fraction of sp³-hybridized carbons (Fsp3) is 0.389. The Hall–Kier alpha value is -2.83. The number of aliphatic carboxylic acids is 1. The number of ether oxygens (including phenoxy) is 1. The number of hydrogen-bond acceptors (Lipinski definition) is 4. The van der Waals surface area contributed by atoms with Crippen LogP contribution >= 0.6 is 0 Å². The highest BCUT2D eigenvalue weighted by Gasteiger charge is 2.19. The molecule has 7 nitrogen and oxygen atoms in total. The van der Waals surface area contributed by atoms with Crippen LogP contribution in [0.3, 0.4) is 0 Å². The van der Waals surface area contributed by atoms with E-state index < -0.39 is 5.97 Å². The van der Waals surface area contributed by atoms with Gasteiger partial charge in [-0.3, -0.25) is 14.3 Å². The molecule has 0 saturated carbocycles. The van der Waals surface area contributed by atoms with E-state index >= 15 is 0 Å². The van der Waals surface area contributed by atoms with Crippen molar-refractivity contribution in [2.24, 2.45) is 0 Å². The number of aromatic nitrogens is 2. The van der Waals surface area contributed by atoms with Crippen molar-refractivity contribution in [3.63, 3.8) is 0 Å². The van der Waals surface area contributed by atoms with Crippen LogP contribution in [-0.4, -0.2) is 33.4 Å². The zero-order valence-corrected chi connectivity index (χ0v) is 13.9. The van der Waals surface area contributed by atoms with Crippen LogP contribution in [0.5, 0.6) is 5.75 Å².